The second kappa shape index (κ2) is 6.62. The smallest absolute Gasteiger partial charge is 0.220 e. The summed E-state index contributed by atoms with van der Waals surface area (Å²) >= 11 is 0. The third-order valence-electron chi connectivity index (χ3n) is 3.84. The molecule has 0 spiro atoms. The summed E-state index contributed by atoms with van der Waals surface area (Å²) in [5.41, 5.74) is 0. The maximum absolute atomic E-state index is 11.6. The minimum atomic E-state index is -1.09. The van der Waals surface area contributed by atoms with Gasteiger partial charge in [0, 0.05) is 18.4 Å². The van der Waals surface area contributed by atoms with Crippen LogP contribution in [-0.2, 0) is 9.59 Å². The molecule has 1 aliphatic carbocycles. The molecular weight excluding hydrogens is 218 g/mol. The highest BCUT2D eigenvalue weighted by Gasteiger charge is 2.27. The van der Waals surface area contributed by atoms with Crippen molar-refractivity contribution in [3.63, 3.8) is 0 Å². The number of carboxylic acid groups (broad SMARTS) is 1. The predicted octanol–water partition coefficient (Wildman–Crippen LogP) is 0.847. The van der Waals surface area contributed by atoms with E-state index in [4.69, 9.17) is 0 Å². The molecule has 1 amide bonds. The van der Waals surface area contributed by atoms with Gasteiger partial charge in [0.05, 0.1) is 0 Å². The fourth-order valence-corrected chi connectivity index (χ4v) is 2.46. The van der Waals surface area contributed by atoms with Gasteiger partial charge in [0.15, 0.2) is 0 Å². The number of hydrogen-bond donors (Lipinski definition) is 1. The molecule has 1 aliphatic rings. The second-order valence-electron chi connectivity index (χ2n) is 5.17. The number of rotatable bonds is 5. The molecular formula is C13H22NO3-. The van der Waals surface area contributed by atoms with E-state index in [1.165, 1.54) is 6.42 Å². The summed E-state index contributed by atoms with van der Waals surface area (Å²) in [6.07, 6.45) is 4.05. The minimum absolute atomic E-state index is 0.0304. The van der Waals surface area contributed by atoms with Crippen molar-refractivity contribution in [1.82, 2.24) is 5.32 Å². The molecule has 0 aliphatic heterocycles. The average Bonchev–Trinajstić information content (AvgIpc) is 2.24. The number of carbonyl (C=O) groups is 2. The van der Waals surface area contributed by atoms with Crippen LogP contribution in [0.15, 0.2) is 0 Å². The quantitative estimate of drug-likeness (QED) is 0.774. The molecule has 0 aromatic heterocycles. The van der Waals surface area contributed by atoms with Crippen molar-refractivity contribution in [1.29, 1.82) is 0 Å². The molecule has 17 heavy (non-hydrogen) atoms. The van der Waals surface area contributed by atoms with Crippen LogP contribution in [0.5, 0.6) is 0 Å². The number of hydrogen-bond acceptors (Lipinski definition) is 3. The van der Waals surface area contributed by atoms with Gasteiger partial charge in [0.2, 0.25) is 5.91 Å². The Balaban J connectivity index is 2.27. The molecule has 0 heterocycles. The van der Waals surface area contributed by atoms with Gasteiger partial charge in [0.25, 0.3) is 0 Å². The van der Waals surface area contributed by atoms with Crippen LogP contribution in [-0.4, -0.2) is 17.9 Å². The van der Waals surface area contributed by atoms with E-state index in [1.54, 1.807) is 0 Å². The zero-order chi connectivity index (χ0) is 12.8. The van der Waals surface area contributed by atoms with Gasteiger partial charge in [-0.25, -0.2) is 0 Å². The Labute approximate surface area is 103 Å². The summed E-state index contributed by atoms with van der Waals surface area (Å²) in [6, 6.07) is 0.259. The first kappa shape index (κ1) is 14.0. The Kier molecular flexibility index (Phi) is 5.45. The zero-order valence-electron chi connectivity index (χ0n) is 10.7. The number of nitrogens with one attached hydrogen (secondary N) is 1. The van der Waals surface area contributed by atoms with Crippen molar-refractivity contribution in [2.24, 2.45) is 11.8 Å². The maximum Gasteiger partial charge on any atom is 0.220 e. The van der Waals surface area contributed by atoms with E-state index in [2.05, 4.69) is 19.2 Å². The first-order chi connectivity index (χ1) is 8.00. The molecule has 0 unspecified atom stereocenters. The fourth-order valence-electron chi connectivity index (χ4n) is 2.46. The van der Waals surface area contributed by atoms with Gasteiger partial charge in [0.1, 0.15) is 0 Å². The van der Waals surface area contributed by atoms with E-state index in [-0.39, 0.29) is 24.8 Å². The molecule has 1 saturated carbocycles. The van der Waals surface area contributed by atoms with Gasteiger partial charge >= 0.3 is 0 Å². The normalized spacial score (nSPS) is 28.7. The van der Waals surface area contributed by atoms with Gasteiger partial charge in [-0.05, 0) is 31.1 Å². The van der Waals surface area contributed by atoms with Gasteiger partial charge in [-0.1, -0.05) is 26.7 Å². The van der Waals surface area contributed by atoms with Crippen molar-refractivity contribution < 1.29 is 14.7 Å². The Morgan fingerprint density at radius 1 is 1.24 bits per heavy atom. The third-order valence-corrected chi connectivity index (χ3v) is 3.84. The highest BCUT2D eigenvalue weighted by atomic mass is 16.4. The lowest BCUT2D eigenvalue weighted by Gasteiger charge is -2.34. The molecule has 1 rings (SSSR count). The highest BCUT2D eigenvalue weighted by molar-refractivity contribution is 5.76. The van der Waals surface area contributed by atoms with Crippen LogP contribution in [0, 0.1) is 11.8 Å². The summed E-state index contributed by atoms with van der Waals surface area (Å²) in [5, 5.41) is 13.2. The lowest BCUT2D eigenvalue weighted by Crippen LogP contribution is -2.43. The van der Waals surface area contributed by atoms with Crippen molar-refractivity contribution >= 4 is 11.9 Å². The third kappa shape index (κ3) is 4.75. The second-order valence-corrected chi connectivity index (χ2v) is 5.17. The highest BCUT2D eigenvalue weighted by Crippen LogP contribution is 2.29. The van der Waals surface area contributed by atoms with E-state index < -0.39 is 5.97 Å². The topological polar surface area (TPSA) is 69.2 Å². The van der Waals surface area contributed by atoms with E-state index in [0.29, 0.717) is 18.3 Å². The van der Waals surface area contributed by atoms with Crippen molar-refractivity contribution in [2.45, 2.75) is 58.4 Å². The molecule has 0 radical (unpaired) electrons. The number of amides is 1. The largest absolute Gasteiger partial charge is 0.550 e. The van der Waals surface area contributed by atoms with E-state index >= 15 is 0 Å². The van der Waals surface area contributed by atoms with Gasteiger partial charge in [-0.2, -0.15) is 0 Å². The molecule has 98 valence electrons. The summed E-state index contributed by atoms with van der Waals surface area (Å²) < 4.78 is 0. The van der Waals surface area contributed by atoms with Gasteiger partial charge in [-0.3, -0.25) is 4.79 Å². The summed E-state index contributed by atoms with van der Waals surface area (Å²) in [5.74, 6) is 0.0424. The summed E-state index contributed by atoms with van der Waals surface area (Å²) in [4.78, 5) is 21.8. The maximum atomic E-state index is 11.6. The van der Waals surface area contributed by atoms with Crippen LogP contribution in [0.1, 0.15) is 52.4 Å². The average molecular weight is 240 g/mol. The first-order valence-corrected chi connectivity index (χ1v) is 6.50. The number of carboxylic acids is 1. The van der Waals surface area contributed by atoms with Crippen molar-refractivity contribution in [3.8, 4) is 0 Å². The van der Waals surface area contributed by atoms with Crippen LogP contribution >= 0.6 is 0 Å². The van der Waals surface area contributed by atoms with Crippen molar-refractivity contribution in [2.75, 3.05) is 0 Å². The number of aliphatic carboxylic acids is 1. The summed E-state index contributed by atoms with van der Waals surface area (Å²) in [6.45, 7) is 4.40. The molecule has 1 fully saturated rings. The minimum Gasteiger partial charge on any atom is -0.550 e. The molecule has 0 saturated heterocycles. The monoisotopic (exact) mass is 240 g/mol. The van der Waals surface area contributed by atoms with Crippen LogP contribution in [0.3, 0.4) is 0 Å². The standard InChI is InChI=1S/C13H23NO3/c1-9-5-3-6-11(10(9)2)14-12(15)7-4-8-13(16)17/h9-11H,3-8H2,1-2H3,(H,14,15)(H,16,17)/p-1/t9-,10+,11-/m0/s1. The van der Waals surface area contributed by atoms with Crippen LogP contribution in [0.25, 0.3) is 0 Å². The van der Waals surface area contributed by atoms with Crippen molar-refractivity contribution in [3.05, 3.63) is 0 Å². The summed E-state index contributed by atoms with van der Waals surface area (Å²) in [7, 11) is 0. The molecule has 3 atom stereocenters. The fraction of sp³-hybridized carbons (Fsp3) is 0.846. The van der Waals surface area contributed by atoms with E-state index in [9.17, 15) is 14.7 Å². The molecule has 0 bridgehead atoms. The Morgan fingerprint density at radius 2 is 1.94 bits per heavy atom. The van der Waals surface area contributed by atoms with Crippen LogP contribution in [0.4, 0.5) is 0 Å². The number of carbonyl (C=O) groups excluding carboxylic acids is 2. The predicted molar refractivity (Wildman–Crippen MR) is 63.0 cm³/mol. The molecule has 1 N–H and O–H groups in total. The van der Waals surface area contributed by atoms with E-state index in [1.807, 2.05) is 0 Å². The first-order valence-electron chi connectivity index (χ1n) is 6.50. The lowest BCUT2D eigenvalue weighted by atomic mass is 9.78. The van der Waals surface area contributed by atoms with Gasteiger partial charge < -0.3 is 15.2 Å². The van der Waals surface area contributed by atoms with Crippen LogP contribution < -0.4 is 10.4 Å². The van der Waals surface area contributed by atoms with Gasteiger partial charge in [-0.15, -0.1) is 0 Å². The Bertz CT molecular complexity index is 278. The molecule has 0 aromatic carbocycles. The molecule has 4 nitrogen and oxygen atoms in total. The zero-order valence-corrected chi connectivity index (χ0v) is 10.7. The van der Waals surface area contributed by atoms with Crippen LogP contribution in [0.2, 0.25) is 0 Å². The SMILES string of the molecule is C[C@H]1[C@@H](NC(=O)CCCC(=O)[O-])CCC[C@@H]1C. The molecule has 4 heteroatoms. The molecule has 0 aromatic rings. The Hall–Kier alpha value is -1.06. The lowest BCUT2D eigenvalue weighted by molar-refractivity contribution is -0.305. The van der Waals surface area contributed by atoms with E-state index in [0.717, 1.165) is 12.8 Å². The Morgan fingerprint density at radius 3 is 2.59 bits per heavy atom.